The van der Waals surface area contributed by atoms with Crippen LogP contribution >= 0.6 is 15.9 Å². The molecule has 17 heavy (non-hydrogen) atoms. The minimum Gasteiger partial charge on any atom is -0.384 e. The van der Waals surface area contributed by atoms with Crippen molar-refractivity contribution in [2.24, 2.45) is 0 Å². The molecule has 0 bridgehead atoms. The lowest BCUT2D eigenvalue weighted by Crippen LogP contribution is -2.32. The molecule has 0 spiro atoms. The largest absolute Gasteiger partial charge is 0.384 e. The lowest BCUT2D eigenvalue weighted by atomic mass is 9.92. The number of rotatable bonds is 2. The first kappa shape index (κ1) is 11.6. The summed E-state index contributed by atoms with van der Waals surface area (Å²) in [4.78, 5) is 2.28. The van der Waals surface area contributed by atoms with Crippen molar-refractivity contribution in [1.82, 2.24) is 4.90 Å². The molecule has 0 aromatic heterocycles. The first-order valence-electron chi connectivity index (χ1n) is 6.01. The molecule has 92 valence electrons. The Morgan fingerprint density at radius 3 is 2.88 bits per heavy atom. The van der Waals surface area contributed by atoms with Gasteiger partial charge in [-0.25, -0.2) is 4.39 Å². The summed E-state index contributed by atoms with van der Waals surface area (Å²) in [7, 11) is 0. The quantitative estimate of drug-likeness (QED) is 0.907. The number of β-amino-alcohol motifs (C(OH)–C–C–N with tert-alkyl or cyclic N) is 1. The van der Waals surface area contributed by atoms with Gasteiger partial charge >= 0.3 is 0 Å². The molecule has 0 amide bonds. The van der Waals surface area contributed by atoms with Crippen LogP contribution in [0.3, 0.4) is 0 Å². The van der Waals surface area contributed by atoms with E-state index in [2.05, 4.69) is 20.8 Å². The van der Waals surface area contributed by atoms with Crippen LogP contribution in [0.4, 0.5) is 4.39 Å². The minimum atomic E-state index is -1.02. The number of halogens is 2. The number of likely N-dealkylation sites (tertiary alicyclic amines) is 1. The zero-order valence-corrected chi connectivity index (χ0v) is 11.1. The Bertz CT molecular complexity index is 449. The van der Waals surface area contributed by atoms with Gasteiger partial charge in [-0.05, 0) is 41.3 Å². The normalized spacial score (nSPS) is 29.8. The lowest BCUT2D eigenvalue weighted by Gasteiger charge is -2.24. The topological polar surface area (TPSA) is 23.5 Å². The molecule has 2 nitrogen and oxygen atoms in total. The van der Waals surface area contributed by atoms with Crippen LogP contribution in [0.5, 0.6) is 0 Å². The van der Waals surface area contributed by atoms with E-state index < -0.39 is 5.60 Å². The Hall–Kier alpha value is -0.450. The zero-order chi connectivity index (χ0) is 12.0. The number of nitrogens with zero attached hydrogens (tertiary/aromatic N) is 1. The number of hydrogen-bond acceptors (Lipinski definition) is 2. The minimum absolute atomic E-state index is 0.326. The van der Waals surface area contributed by atoms with Crippen molar-refractivity contribution in [2.75, 3.05) is 13.1 Å². The Kier molecular flexibility index (Phi) is 2.76. The van der Waals surface area contributed by atoms with E-state index in [9.17, 15) is 9.50 Å². The molecule has 1 saturated heterocycles. The van der Waals surface area contributed by atoms with Crippen LogP contribution in [0, 0.1) is 5.82 Å². The molecule has 1 aliphatic heterocycles. The molecular formula is C13H15BrFNO. The smallest absolute Gasteiger partial charge is 0.143 e. The van der Waals surface area contributed by atoms with Crippen LogP contribution < -0.4 is 0 Å². The Morgan fingerprint density at radius 2 is 2.18 bits per heavy atom. The van der Waals surface area contributed by atoms with E-state index in [1.54, 1.807) is 18.2 Å². The van der Waals surface area contributed by atoms with Crippen molar-refractivity contribution >= 4 is 15.9 Å². The van der Waals surface area contributed by atoms with Gasteiger partial charge in [0.2, 0.25) is 0 Å². The molecule has 1 aromatic rings. The van der Waals surface area contributed by atoms with Crippen molar-refractivity contribution in [3.05, 3.63) is 34.1 Å². The predicted molar refractivity (Wildman–Crippen MR) is 67.2 cm³/mol. The summed E-state index contributed by atoms with van der Waals surface area (Å²) in [5.74, 6) is -0.326. The van der Waals surface area contributed by atoms with E-state index in [4.69, 9.17) is 0 Å². The molecule has 1 heterocycles. The molecule has 1 aromatic carbocycles. The zero-order valence-electron chi connectivity index (χ0n) is 9.50. The first-order chi connectivity index (χ1) is 8.10. The number of hydrogen-bond donors (Lipinski definition) is 1. The van der Waals surface area contributed by atoms with Gasteiger partial charge < -0.3 is 5.11 Å². The second-order valence-corrected chi connectivity index (χ2v) is 5.94. The van der Waals surface area contributed by atoms with Crippen LogP contribution in [-0.2, 0) is 5.60 Å². The second-order valence-electron chi connectivity index (χ2n) is 5.08. The first-order valence-corrected chi connectivity index (χ1v) is 6.80. The van der Waals surface area contributed by atoms with Crippen molar-refractivity contribution in [2.45, 2.75) is 30.9 Å². The summed E-state index contributed by atoms with van der Waals surface area (Å²) in [6, 6.07) is 5.76. The molecule has 1 saturated carbocycles. The summed E-state index contributed by atoms with van der Waals surface area (Å²) >= 11 is 3.17. The Labute approximate surface area is 109 Å². The van der Waals surface area contributed by atoms with Crippen molar-refractivity contribution < 1.29 is 9.50 Å². The highest BCUT2D eigenvalue weighted by Crippen LogP contribution is 2.39. The van der Waals surface area contributed by atoms with Crippen molar-refractivity contribution in [3.8, 4) is 0 Å². The number of aliphatic hydroxyl groups is 1. The predicted octanol–water partition coefficient (Wildman–Crippen LogP) is 2.64. The highest BCUT2D eigenvalue weighted by Gasteiger charge is 2.44. The maximum Gasteiger partial charge on any atom is 0.143 e. The second kappa shape index (κ2) is 4.04. The third-order valence-electron chi connectivity index (χ3n) is 3.79. The molecule has 2 aliphatic rings. The molecule has 1 unspecified atom stereocenters. The Balaban J connectivity index is 1.89. The van der Waals surface area contributed by atoms with E-state index in [0.29, 0.717) is 29.0 Å². The molecule has 1 N–H and O–H groups in total. The molecule has 0 radical (unpaired) electrons. The Morgan fingerprint density at radius 1 is 1.41 bits per heavy atom. The van der Waals surface area contributed by atoms with Gasteiger partial charge in [-0.1, -0.05) is 12.1 Å². The van der Waals surface area contributed by atoms with Crippen molar-refractivity contribution in [1.29, 1.82) is 0 Å². The average Bonchev–Trinajstić information content (AvgIpc) is 3.07. The third kappa shape index (κ3) is 2.02. The van der Waals surface area contributed by atoms with E-state index >= 15 is 0 Å². The fourth-order valence-electron chi connectivity index (χ4n) is 2.66. The molecule has 1 aliphatic carbocycles. The summed E-state index contributed by atoms with van der Waals surface area (Å²) in [5.41, 5.74) is -0.591. The van der Waals surface area contributed by atoms with Crippen LogP contribution in [0.25, 0.3) is 0 Å². The van der Waals surface area contributed by atoms with Crippen molar-refractivity contribution in [3.63, 3.8) is 0 Å². The van der Waals surface area contributed by atoms with Crippen LogP contribution in [-0.4, -0.2) is 29.1 Å². The van der Waals surface area contributed by atoms with Gasteiger partial charge in [0, 0.05) is 24.7 Å². The van der Waals surface area contributed by atoms with Gasteiger partial charge in [0.25, 0.3) is 0 Å². The van der Waals surface area contributed by atoms with Gasteiger partial charge in [0.15, 0.2) is 0 Å². The van der Waals surface area contributed by atoms with E-state index in [-0.39, 0.29) is 5.82 Å². The lowest BCUT2D eigenvalue weighted by molar-refractivity contribution is 0.0415. The third-order valence-corrected chi connectivity index (χ3v) is 4.41. The fraction of sp³-hybridized carbons (Fsp3) is 0.538. The summed E-state index contributed by atoms with van der Waals surface area (Å²) in [5, 5.41) is 10.6. The van der Waals surface area contributed by atoms with Crippen LogP contribution in [0.15, 0.2) is 22.7 Å². The van der Waals surface area contributed by atoms with E-state index in [1.807, 2.05) is 0 Å². The van der Waals surface area contributed by atoms with Crippen LogP contribution in [0.2, 0.25) is 0 Å². The maximum absolute atomic E-state index is 14.0. The molecule has 1 atom stereocenters. The van der Waals surface area contributed by atoms with E-state index in [1.165, 1.54) is 12.8 Å². The number of benzene rings is 1. The highest BCUT2D eigenvalue weighted by molar-refractivity contribution is 9.10. The molecule has 2 fully saturated rings. The van der Waals surface area contributed by atoms with Gasteiger partial charge in [0.1, 0.15) is 11.4 Å². The summed E-state index contributed by atoms with van der Waals surface area (Å²) in [6.07, 6.45) is 3.06. The fourth-order valence-corrected chi connectivity index (χ4v) is 3.02. The molecular weight excluding hydrogens is 285 g/mol. The average molecular weight is 300 g/mol. The monoisotopic (exact) mass is 299 g/mol. The standard InChI is InChI=1S/C13H15BrFNO/c14-11-3-1-2-10(12(11)15)13(17)6-7-16(8-13)9-4-5-9/h1-3,9,17H,4-8H2. The molecule has 4 heteroatoms. The molecule has 3 rings (SSSR count). The SMILES string of the molecule is OC1(c2cccc(Br)c2F)CCN(C2CC2)C1. The van der Waals surface area contributed by atoms with E-state index in [0.717, 1.165) is 6.54 Å². The highest BCUT2D eigenvalue weighted by atomic mass is 79.9. The van der Waals surface area contributed by atoms with Gasteiger partial charge in [0.05, 0.1) is 4.47 Å². The van der Waals surface area contributed by atoms with Gasteiger partial charge in [-0.3, -0.25) is 4.90 Å². The summed E-state index contributed by atoms with van der Waals surface area (Å²) < 4.78 is 14.4. The maximum atomic E-state index is 14.0. The van der Waals surface area contributed by atoms with Crippen LogP contribution in [0.1, 0.15) is 24.8 Å². The summed E-state index contributed by atoms with van der Waals surface area (Å²) in [6.45, 7) is 1.43. The van der Waals surface area contributed by atoms with Gasteiger partial charge in [-0.15, -0.1) is 0 Å². The van der Waals surface area contributed by atoms with Gasteiger partial charge in [-0.2, -0.15) is 0 Å².